The van der Waals surface area contributed by atoms with Crippen LogP contribution in [0.5, 0.6) is 0 Å². The molecule has 0 aliphatic heterocycles. The Morgan fingerprint density at radius 1 is 0.958 bits per heavy atom. The largest absolute Gasteiger partial charge is 0.324 e. The van der Waals surface area contributed by atoms with Crippen LogP contribution in [0.25, 0.3) is 22.0 Å². The van der Waals surface area contributed by atoms with E-state index in [2.05, 4.69) is 41.5 Å². The van der Waals surface area contributed by atoms with Crippen molar-refractivity contribution in [1.82, 2.24) is 4.98 Å². The number of aromatic nitrogens is 1. The number of aryl methyl sites for hydroxylation is 1. The lowest BCUT2D eigenvalue weighted by atomic mass is 9.94. The molecule has 0 aliphatic rings. The van der Waals surface area contributed by atoms with Crippen molar-refractivity contribution in [3.05, 3.63) is 60.3 Å². The fourth-order valence-electron chi connectivity index (χ4n) is 2.69. The Morgan fingerprint density at radius 2 is 1.71 bits per heavy atom. The van der Waals surface area contributed by atoms with Crippen LogP contribution in [0.4, 0.5) is 5.69 Å². The number of hydrogen-bond donors (Lipinski definition) is 1. The molecule has 0 atom stereocenters. The van der Waals surface area contributed by atoms with E-state index in [0.717, 1.165) is 22.2 Å². The van der Waals surface area contributed by atoms with Crippen molar-refractivity contribution in [3.63, 3.8) is 0 Å². The molecule has 0 saturated heterocycles. The van der Waals surface area contributed by atoms with Crippen molar-refractivity contribution < 1.29 is 4.79 Å². The summed E-state index contributed by atoms with van der Waals surface area (Å²) in [4.78, 5) is 16.9. The number of carbonyl (C=O) groups excluding carboxylic acids is 1. The lowest BCUT2D eigenvalue weighted by molar-refractivity contribution is -0.123. The highest BCUT2D eigenvalue weighted by Gasteiger charge is 2.22. The predicted molar refractivity (Wildman–Crippen MR) is 100 cm³/mol. The lowest BCUT2D eigenvalue weighted by Crippen LogP contribution is -2.27. The fraction of sp³-hybridized carbons (Fsp3) is 0.238. The zero-order chi connectivity index (χ0) is 17.3. The van der Waals surface area contributed by atoms with Crippen molar-refractivity contribution in [2.45, 2.75) is 27.7 Å². The van der Waals surface area contributed by atoms with Gasteiger partial charge in [0.2, 0.25) is 5.91 Å². The summed E-state index contributed by atoms with van der Waals surface area (Å²) in [6.07, 6.45) is 1.76. The zero-order valence-electron chi connectivity index (χ0n) is 14.6. The molecule has 24 heavy (non-hydrogen) atoms. The van der Waals surface area contributed by atoms with Crippen LogP contribution in [-0.2, 0) is 4.79 Å². The van der Waals surface area contributed by atoms with E-state index >= 15 is 0 Å². The van der Waals surface area contributed by atoms with Gasteiger partial charge < -0.3 is 5.32 Å². The third-order valence-corrected chi connectivity index (χ3v) is 4.13. The summed E-state index contributed by atoms with van der Waals surface area (Å²) in [5, 5.41) is 4.06. The number of benzene rings is 2. The third-order valence-electron chi connectivity index (χ3n) is 4.13. The molecule has 3 nitrogen and oxygen atoms in total. The molecule has 0 fully saturated rings. The van der Waals surface area contributed by atoms with Crippen LogP contribution in [0.3, 0.4) is 0 Å². The van der Waals surface area contributed by atoms with Crippen LogP contribution >= 0.6 is 0 Å². The number of nitrogens with one attached hydrogen (secondary N) is 1. The lowest BCUT2D eigenvalue weighted by Gasteiger charge is -2.19. The first-order valence-electron chi connectivity index (χ1n) is 8.13. The van der Waals surface area contributed by atoms with Crippen molar-refractivity contribution in [2.24, 2.45) is 5.41 Å². The molecule has 3 rings (SSSR count). The molecule has 0 bridgehead atoms. The Kier molecular flexibility index (Phi) is 4.10. The van der Waals surface area contributed by atoms with Gasteiger partial charge in [0.05, 0.1) is 11.2 Å². The van der Waals surface area contributed by atoms with Gasteiger partial charge in [0.15, 0.2) is 0 Å². The summed E-state index contributed by atoms with van der Waals surface area (Å²) in [6, 6.07) is 16.3. The van der Waals surface area contributed by atoms with Gasteiger partial charge in [-0.25, -0.2) is 0 Å². The van der Waals surface area contributed by atoms with Crippen molar-refractivity contribution in [2.75, 3.05) is 5.32 Å². The van der Waals surface area contributed by atoms with Crippen LogP contribution in [-0.4, -0.2) is 10.9 Å². The summed E-state index contributed by atoms with van der Waals surface area (Å²) in [5.41, 5.74) is 4.65. The zero-order valence-corrected chi connectivity index (χ0v) is 14.6. The maximum Gasteiger partial charge on any atom is 0.229 e. The number of carbonyl (C=O) groups is 1. The Balaban J connectivity index is 2.15. The van der Waals surface area contributed by atoms with E-state index in [9.17, 15) is 4.79 Å². The van der Waals surface area contributed by atoms with Crippen molar-refractivity contribution in [1.29, 1.82) is 0 Å². The molecule has 0 aliphatic carbocycles. The molecule has 1 heterocycles. The number of pyridine rings is 1. The number of nitrogens with zero attached hydrogens (tertiary/aromatic N) is 1. The molecule has 0 unspecified atom stereocenters. The minimum absolute atomic E-state index is 0.0157. The Hall–Kier alpha value is -2.68. The highest BCUT2D eigenvalue weighted by molar-refractivity contribution is 6.06. The molecular weight excluding hydrogens is 296 g/mol. The van der Waals surface area contributed by atoms with Gasteiger partial charge in [-0.05, 0) is 35.7 Å². The molecule has 0 radical (unpaired) electrons. The monoisotopic (exact) mass is 318 g/mol. The summed E-state index contributed by atoms with van der Waals surface area (Å²) >= 11 is 0. The third kappa shape index (κ3) is 3.02. The first kappa shape index (κ1) is 16.2. The molecule has 1 amide bonds. The number of fused-ring (bicyclic) bond motifs is 1. The SMILES string of the molecule is Cc1ccccc1-c1ccc(NC(=O)C(C)(C)C)c2ncccc12. The van der Waals surface area contributed by atoms with E-state index in [4.69, 9.17) is 0 Å². The summed E-state index contributed by atoms with van der Waals surface area (Å²) in [7, 11) is 0. The second-order valence-corrected chi connectivity index (χ2v) is 7.08. The minimum Gasteiger partial charge on any atom is -0.324 e. The molecule has 1 N–H and O–H groups in total. The quantitative estimate of drug-likeness (QED) is 0.706. The van der Waals surface area contributed by atoms with E-state index in [1.807, 2.05) is 45.0 Å². The summed E-state index contributed by atoms with van der Waals surface area (Å²) in [6.45, 7) is 7.81. The van der Waals surface area contributed by atoms with Gasteiger partial charge in [0, 0.05) is 17.0 Å². The van der Waals surface area contributed by atoms with E-state index in [0.29, 0.717) is 0 Å². The maximum atomic E-state index is 12.3. The first-order chi connectivity index (χ1) is 11.4. The number of amides is 1. The van der Waals surface area contributed by atoms with E-state index in [-0.39, 0.29) is 5.91 Å². The maximum absolute atomic E-state index is 12.3. The molecular formula is C21H22N2O. The molecule has 0 saturated carbocycles. The van der Waals surface area contributed by atoms with Crippen molar-refractivity contribution >= 4 is 22.5 Å². The molecule has 1 aromatic heterocycles. The van der Waals surface area contributed by atoms with Crippen LogP contribution < -0.4 is 5.32 Å². The average molecular weight is 318 g/mol. The minimum atomic E-state index is -0.449. The van der Waals surface area contributed by atoms with Crippen LogP contribution in [0, 0.1) is 12.3 Å². The topological polar surface area (TPSA) is 42.0 Å². The predicted octanol–water partition coefficient (Wildman–Crippen LogP) is 5.19. The van der Waals surface area contributed by atoms with Gasteiger partial charge >= 0.3 is 0 Å². The first-order valence-corrected chi connectivity index (χ1v) is 8.13. The number of anilines is 1. The highest BCUT2D eigenvalue weighted by atomic mass is 16.2. The standard InChI is InChI=1S/C21H22N2O/c1-14-8-5-6-9-15(14)16-11-12-18(23-20(24)21(2,3)4)19-17(16)10-7-13-22-19/h5-13H,1-4H3,(H,23,24). The van der Waals surface area contributed by atoms with Gasteiger partial charge in [-0.15, -0.1) is 0 Å². The molecule has 3 heteroatoms. The molecule has 3 aromatic rings. The van der Waals surface area contributed by atoms with Gasteiger partial charge in [-0.1, -0.05) is 57.2 Å². The fourth-order valence-corrected chi connectivity index (χ4v) is 2.69. The van der Waals surface area contributed by atoms with E-state index in [1.165, 1.54) is 11.1 Å². The van der Waals surface area contributed by atoms with E-state index < -0.39 is 5.41 Å². The summed E-state index contributed by atoms with van der Waals surface area (Å²) in [5.74, 6) is -0.0157. The number of hydrogen-bond acceptors (Lipinski definition) is 2. The van der Waals surface area contributed by atoms with Crippen LogP contribution in [0.1, 0.15) is 26.3 Å². The average Bonchev–Trinajstić information content (AvgIpc) is 2.55. The Morgan fingerprint density at radius 3 is 2.42 bits per heavy atom. The van der Waals surface area contributed by atoms with Gasteiger partial charge in [0.1, 0.15) is 0 Å². The Labute approximate surface area is 142 Å². The molecule has 122 valence electrons. The van der Waals surface area contributed by atoms with E-state index in [1.54, 1.807) is 6.20 Å². The highest BCUT2D eigenvalue weighted by Crippen LogP contribution is 2.34. The Bertz CT molecular complexity index is 907. The van der Waals surface area contributed by atoms with Gasteiger partial charge in [-0.2, -0.15) is 0 Å². The second-order valence-electron chi connectivity index (χ2n) is 7.08. The van der Waals surface area contributed by atoms with Gasteiger partial charge in [-0.3, -0.25) is 9.78 Å². The molecule has 2 aromatic carbocycles. The van der Waals surface area contributed by atoms with Crippen molar-refractivity contribution in [3.8, 4) is 11.1 Å². The summed E-state index contributed by atoms with van der Waals surface area (Å²) < 4.78 is 0. The van der Waals surface area contributed by atoms with Crippen LogP contribution in [0.15, 0.2) is 54.7 Å². The van der Waals surface area contributed by atoms with Crippen LogP contribution in [0.2, 0.25) is 0 Å². The second kappa shape index (κ2) is 6.08. The molecule has 0 spiro atoms. The smallest absolute Gasteiger partial charge is 0.229 e. The number of rotatable bonds is 2. The normalized spacial score (nSPS) is 11.5. The van der Waals surface area contributed by atoms with Gasteiger partial charge in [0.25, 0.3) is 0 Å².